The molecule has 11 heteroatoms. The summed E-state index contributed by atoms with van der Waals surface area (Å²) in [5.41, 5.74) is 1.25. The van der Waals surface area contributed by atoms with E-state index < -0.39 is 17.2 Å². The molecule has 2 heterocycles. The van der Waals surface area contributed by atoms with Crippen molar-refractivity contribution >= 4 is 23.0 Å². The van der Waals surface area contributed by atoms with Crippen LogP contribution in [0.3, 0.4) is 0 Å². The fourth-order valence-electron chi connectivity index (χ4n) is 2.31. The number of hydrogen-bond donors (Lipinski definition) is 3. The Hall–Kier alpha value is -3.02. The number of H-pyrrole nitrogens is 1. The van der Waals surface area contributed by atoms with E-state index in [1.807, 2.05) is 30.3 Å². The minimum atomic E-state index is -2.59. The first-order valence-corrected chi connectivity index (χ1v) is 8.94. The molecular formula is C16H16N5O5S-. The molecule has 0 aliphatic carbocycles. The van der Waals surface area contributed by atoms with Crippen LogP contribution in [0.5, 0.6) is 0 Å². The van der Waals surface area contributed by atoms with Crippen LogP contribution in [0, 0.1) is 0 Å². The van der Waals surface area contributed by atoms with Gasteiger partial charge in [-0.2, -0.15) is 5.10 Å². The smallest absolute Gasteiger partial charge is 0.273 e. The summed E-state index contributed by atoms with van der Waals surface area (Å²) in [6, 6.07) is 12.1. The Kier molecular flexibility index (Phi) is 5.96. The Labute approximate surface area is 156 Å². The highest BCUT2D eigenvalue weighted by Gasteiger charge is 2.15. The molecule has 1 atom stereocenters. The van der Waals surface area contributed by atoms with Crippen LogP contribution in [0.15, 0.2) is 47.0 Å². The molecular weight excluding hydrogens is 374 g/mol. The fraction of sp³-hybridized carbons (Fsp3) is 0.188. The zero-order valence-electron chi connectivity index (χ0n) is 14.0. The highest BCUT2D eigenvalue weighted by molar-refractivity contribution is 7.80. The molecule has 2 aromatic heterocycles. The minimum Gasteiger partial charge on any atom is -0.755 e. The molecule has 0 saturated heterocycles. The zero-order valence-corrected chi connectivity index (χ0v) is 14.8. The van der Waals surface area contributed by atoms with Crippen molar-refractivity contribution < 1.29 is 23.2 Å². The van der Waals surface area contributed by atoms with Crippen LogP contribution in [0.25, 0.3) is 11.3 Å². The molecule has 3 rings (SSSR count). The number of benzene rings is 1. The van der Waals surface area contributed by atoms with Crippen molar-refractivity contribution in [2.75, 3.05) is 17.4 Å². The van der Waals surface area contributed by atoms with Gasteiger partial charge in [0.05, 0.1) is 12.3 Å². The molecule has 0 aliphatic rings. The second-order valence-electron chi connectivity index (χ2n) is 5.43. The van der Waals surface area contributed by atoms with Crippen molar-refractivity contribution in [3.8, 4) is 11.3 Å². The molecule has 0 radical (unpaired) electrons. The van der Waals surface area contributed by atoms with Crippen LogP contribution in [-0.4, -0.2) is 48.2 Å². The number of hydrogen-bond acceptors (Lipinski definition) is 7. The van der Waals surface area contributed by atoms with E-state index in [-0.39, 0.29) is 31.2 Å². The molecule has 0 spiro atoms. The van der Waals surface area contributed by atoms with Gasteiger partial charge < -0.3 is 19.5 Å². The van der Waals surface area contributed by atoms with Gasteiger partial charge in [-0.1, -0.05) is 35.5 Å². The SMILES string of the molecule is O=C(NCCN(c1cc(CO)[nH]n1)S(=O)[O-])c1cc(-c2ccccc2)on1. The van der Waals surface area contributed by atoms with Crippen LogP contribution in [0.4, 0.5) is 5.82 Å². The summed E-state index contributed by atoms with van der Waals surface area (Å²) in [6.45, 7) is -0.304. The second kappa shape index (κ2) is 8.58. The number of amides is 1. The van der Waals surface area contributed by atoms with Crippen molar-refractivity contribution in [2.24, 2.45) is 0 Å². The van der Waals surface area contributed by atoms with Gasteiger partial charge in [-0.3, -0.25) is 18.4 Å². The molecule has 10 nitrogen and oxygen atoms in total. The molecule has 1 unspecified atom stereocenters. The first-order chi connectivity index (χ1) is 13.1. The molecule has 0 aliphatic heterocycles. The average molecular weight is 390 g/mol. The quantitative estimate of drug-likeness (QED) is 0.477. The first-order valence-electron chi connectivity index (χ1n) is 7.91. The number of aromatic nitrogens is 3. The first kappa shape index (κ1) is 18.8. The van der Waals surface area contributed by atoms with E-state index in [2.05, 4.69) is 20.7 Å². The van der Waals surface area contributed by atoms with Crippen molar-refractivity contribution in [2.45, 2.75) is 6.61 Å². The number of nitrogens with zero attached hydrogens (tertiary/aromatic N) is 3. The number of nitrogens with one attached hydrogen (secondary N) is 2. The third-order valence-corrected chi connectivity index (χ3v) is 4.35. The molecule has 0 saturated carbocycles. The van der Waals surface area contributed by atoms with Gasteiger partial charge >= 0.3 is 0 Å². The maximum absolute atomic E-state index is 12.2. The molecule has 1 amide bonds. The van der Waals surface area contributed by atoms with Gasteiger partial charge in [0.15, 0.2) is 17.3 Å². The average Bonchev–Trinajstić information content (AvgIpc) is 3.35. The Bertz CT molecular complexity index is 926. The van der Waals surface area contributed by atoms with Crippen molar-refractivity contribution in [1.82, 2.24) is 20.7 Å². The number of carbonyl (C=O) groups is 1. The fourth-order valence-corrected chi connectivity index (χ4v) is 2.79. The van der Waals surface area contributed by atoms with Crippen LogP contribution >= 0.6 is 0 Å². The number of aliphatic hydroxyl groups is 1. The molecule has 3 aromatic rings. The maximum Gasteiger partial charge on any atom is 0.273 e. The maximum atomic E-state index is 12.2. The summed E-state index contributed by atoms with van der Waals surface area (Å²) in [5, 5.41) is 21.6. The number of aromatic amines is 1. The topological polar surface area (TPSA) is 147 Å². The number of rotatable bonds is 8. The van der Waals surface area contributed by atoms with Gasteiger partial charge in [-0.05, 0) is 0 Å². The lowest BCUT2D eigenvalue weighted by Crippen LogP contribution is -2.36. The number of aliphatic hydroxyl groups excluding tert-OH is 1. The van der Waals surface area contributed by atoms with Gasteiger partial charge in [-0.25, -0.2) is 0 Å². The molecule has 1 aromatic carbocycles. The van der Waals surface area contributed by atoms with Gasteiger partial charge in [0.2, 0.25) is 0 Å². The van der Waals surface area contributed by atoms with Gasteiger partial charge in [0, 0.05) is 42.1 Å². The van der Waals surface area contributed by atoms with Crippen molar-refractivity contribution in [1.29, 1.82) is 0 Å². The predicted octanol–water partition coefficient (Wildman–Crippen LogP) is 0.587. The Morgan fingerprint density at radius 3 is 2.78 bits per heavy atom. The van der Waals surface area contributed by atoms with E-state index in [1.54, 1.807) is 0 Å². The van der Waals surface area contributed by atoms with Crippen LogP contribution < -0.4 is 9.62 Å². The molecule has 142 valence electrons. The second-order valence-corrected chi connectivity index (χ2v) is 6.30. The van der Waals surface area contributed by atoms with Crippen molar-refractivity contribution in [3.05, 3.63) is 53.9 Å². The Morgan fingerprint density at radius 1 is 1.33 bits per heavy atom. The van der Waals surface area contributed by atoms with E-state index in [4.69, 9.17) is 9.63 Å². The standard InChI is InChI=1S/C16H17N5O5S/c22-10-12-8-15(19-18-12)21(27(24)25)7-6-17-16(23)13-9-14(26-20-13)11-4-2-1-3-5-11/h1-5,8-9,22H,6-7,10H2,(H,17,23)(H,18,19)(H,24,25)/p-1. The molecule has 27 heavy (non-hydrogen) atoms. The minimum absolute atomic E-state index is 0.0294. The lowest BCUT2D eigenvalue weighted by Gasteiger charge is -2.23. The largest absolute Gasteiger partial charge is 0.755 e. The summed E-state index contributed by atoms with van der Waals surface area (Å²) in [5.74, 6) is 0.0844. The third-order valence-electron chi connectivity index (χ3n) is 3.62. The van der Waals surface area contributed by atoms with Gasteiger partial charge in [0.25, 0.3) is 5.91 Å². The van der Waals surface area contributed by atoms with E-state index in [0.717, 1.165) is 9.87 Å². The summed E-state index contributed by atoms with van der Waals surface area (Å²) in [4.78, 5) is 12.2. The summed E-state index contributed by atoms with van der Waals surface area (Å²) in [7, 11) is 0. The van der Waals surface area contributed by atoms with Gasteiger partial charge in [-0.15, -0.1) is 0 Å². The summed E-state index contributed by atoms with van der Waals surface area (Å²) >= 11 is -2.59. The highest BCUT2D eigenvalue weighted by Crippen LogP contribution is 2.19. The Balaban J connectivity index is 1.58. The van der Waals surface area contributed by atoms with Crippen molar-refractivity contribution in [3.63, 3.8) is 0 Å². The lowest BCUT2D eigenvalue weighted by molar-refractivity contribution is 0.0946. The highest BCUT2D eigenvalue weighted by atomic mass is 32.2. The zero-order chi connectivity index (χ0) is 19.2. The monoisotopic (exact) mass is 390 g/mol. The Morgan fingerprint density at radius 2 is 2.11 bits per heavy atom. The summed E-state index contributed by atoms with van der Waals surface area (Å²) in [6.07, 6.45) is 0. The van der Waals surface area contributed by atoms with E-state index in [1.165, 1.54) is 12.1 Å². The van der Waals surface area contributed by atoms with E-state index in [9.17, 15) is 13.6 Å². The lowest BCUT2D eigenvalue weighted by atomic mass is 10.1. The normalized spacial score (nSPS) is 11.9. The van der Waals surface area contributed by atoms with Crippen LogP contribution in [-0.2, 0) is 17.9 Å². The van der Waals surface area contributed by atoms with Gasteiger partial charge in [0.1, 0.15) is 0 Å². The number of carbonyl (C=O) groups excluding carboxylic acids is 1. The predicted molar refractivity (Wildman–Crippen MR) is 95.0 cm³/mol. The van der Waals surface area contributed by atoms with E-state index in [0.29, 0.717) is 11.5 Å². The van der Waals surface area contributed by atoms with Crippen LogP contribution in [0.2, 0.25) is 0 Å². The van der Waals surface area contributed by atoms with E-state index >= 15 is 0 Å². The number of anilines is 1. The molecule has 0 bridgehead atoms. The molecule has 0 fully saturated rings. The summed E-state index contributed by atoms with van der Waals surface area (Å²) < 4.78 is 28.9. The molecule has 3 N–H and O–H groups in total. The third kappa shape index (κ3) is 4.58. The van der Waals surface area contributed by atoms with Crippen LogP contribution in [0.1, 0.15) is 16.2 Å².